The zero-order valence-corrected chi connectivity index (χ0v) is 8.32. The van der Waals surface area contributed by atoms with E-state index in [4.69, 9.17) is 4.74 Å². The Balaban J connectivity index is 2.11. The number of methoxy groups -OCH3 is 1. The van der Waals surface area contributed by atoms with Crippen LogP contribution in [0.5, 0.6) is 0 Å². The molecule has 0 radical (unpaired) electrons. The number of piperidine rings is 3. The van der Waals surface area contributed by atoms with E-state index in [1.807, 2.05) is 0 Å². The fourth-order valence-electron chi connectivity index (χ4n) is 2.66. The van der Waals surface area contributed by atoms with Gasteiger partial charge < -0.3 is 4.74 Å². The maximum Gasteiger partial charge on any atom is 0.155 e. The Labute approximate surface area is 79.0 Å². The molecule has 3 aliphatic heterocycles. The van der Waals surface area contributed by atoms with Gasteiger partial charge in [-0.15, -0.1) is 0 Å². The van der Waals surface area contributed by atoms with E-state index >= 15 is 0 Å². The van der Waals surface area contributed by atoms with Crippen LogP contribution < -0.4 is 0 Å². The van der Waals surface area contributed by atoms with Gasteiger partial charge in [-0.1, -0.05) is 6.92 Å². The van der Waals surface area contributed by atoms with Gasteiger partial charge in [0.05, 0.1) is 12.6 Å². The van der Waals surface area contributed by atoms with Crippen molar-refractivity contribution in [2.75, 3.05) is 26.8 Å². The monoisotopic (exact) mass is 183 g/mol. The van der Waals surface area contributed by atoms with Crippen LogP contribution in [0.3, 0.4) is 0 Å². The molecule has 0 aromatic rings. The van der Waals surface area contributed by atoms with Crippen LogP contribution in [0.1, 0.15) is 13.3 Å². The Kier molecular flexibility index (Phi) is 2.39. The SMILES string of the molecule is COCC1C(=O)C2CCN1CC2C. The van der Waals surface area contributed by atoms with Gasteiger partial charge in [0.25, 0.3) is 0 Å². The lowest BCUT2D eigenvalue weighted by atomic mass is 9.76. The summed E-state index contributed by atoms with van der Waals surface area (Å²) in [5.74, 6) is 1.27. The quantitative estimate of drug-likeness (QED) is 0.626. The molecule has 3 fully saturated rings. The first-order chi connectivity index (χ1) is 6.24. The summed E-state index contributed by atoms with van der Waals surface area (Å²) in [7, 11) is 1.67. The van der Waals surface area contributed by atoms with Gasteiger partial charge in [0.1, 0.15) is 0 Å². The molecule has 3 nitrogen and oxygen atoms in total. The summed E-state index contributed by atoms with van der Waals surface area (Å²) >= 11 is 0. The number of Topliss-reactive ketones (excluding diaryl/α,β-unsaturated/α-hetero) is 1. The molecule has 0 saturated carbocycles. The number of carbonyl (C=O) groups is 1. The second-order valence-corrected chi connectivity index (χ2v) is 4.24. The lowest BCUT2D eigenvalue weighted by Gasteiger charge is -2.47. The Morgan fingerprint density at radius 3 is 2.92 bits per heavy atom. The van der Waals surface area contributed by atoms with Crippen LogP contribution in [0, 0.1) is 11.8 Å². The first kappa shape index (κ1) is 9.16. The number of rotatable bonds is 2. The highest BCUT2D eigenvalue weighted by atomic mass is 16.5. The summed E-state index contributed by atoms with van der Waals surface area (Å²) in [4.78, 5) is 14.1. The van der Waals surface area contributed by atoms with E-state index in [9.17, 15) is 4.79 Å². The van der Waals surface area contributed by atoms with Gasteiger partial charge in [0, 0.05) is 19.6 Å². The topological polar surface area (TPSA) is 29.5 Å². The van der Waals surface area contributed by atoms with Gasteiger partial charge in [-0.2, -0.15) is 0 Å². The third-order valence-corrected chi connectivity index (χ3v) is 3.40. The predicted octanol–water partition coefficient (Wildman–Crippen LogP) is 0.542. The van der Waals surface area contributed by atoms with Crippen molar-refractivity contribution < 1.29 is 9.53 Å². The van der Waals surface area contributed by atoms with E-state index in [1.165, 1.54) is 0 Å². The van der Waals surface area contributed by atoms with Gasteiger partial charge in [0.2, 0.25) is 0 Å². The lowest BCUT2D eigenvalue weighted by Crippen LogP contribution is -2.60. The standard InChI is InChI=1S/C10H17NO2/c1-7-5-11-4-3-8(7)10(12)9(11)6-13-2/h7-9H,3-6H2,1-2H3. The molecule has 13 heavy (non-hydrogen) atoms. The van der Waals surface area contributed by atoms with Gasteiger partial charge in [0.15, 0.2) is 5.78 Å². The average molecular weight is 183 g/mol. The van der Waals surface area contributed by atoms with Gasteiger partial charge in [-0.25, -0.2) is 0 Å². The highest BCUT2D eigenvalue weighted by molar-refractivity contribution is 5.88. The highest BCUT2D eigenvalue weighted by Gasteiger charge is 2.44. The Hall–Kier alpha value is -0.410. The molecule has 4 unspecified atom stereocenters. The van der Waals surface area contributed by atoms with E-state index in [0.717, 1.165) is 19.5 Å². The number of ether oxygens (including phenoxy) is 1. The van der Waals surface area contributed by atoms with Crippen molar-refractivity contribution in [1.29, 1.82) is 0 Å². The molecule has 0 aromatic carbocycles. The minimum Gasteiger partial charge on any atom is -0.383 e. The number of hydrogen-bond acceptors (Lipinski definition) is 3. The van der Waals surface area contributed by atoms with E-state index in [1.54, 1.807) is 7.11 Å². The van der Waals surface area contributed by atoms with Crippen molar-refractivity contribution in [3.8, 4) is 0 Å². The fraction of sp³-hybridized carbons (Fsp3) is 0.900. The highest BCUT2D eigenvalue weighted by Crippen LogP contribution is 2.33. The summed E-state index contributed by atoms with van der Waals surface area (Å²) in [6.45, 7) is 4.90. The molecule has 3 aliphatic rings. The van der Waals surface area contributed by atoms with Crippen molar-refractivity contribution in [3.05, 3.63) is 0 Å². The maximum absolute atomic E-state index is 11.9. The van der Waals surface area contributed by atoms with Crippen LogP contribution in [0.25, 0.3) is 0 Å². The van der Waals surface area contributed by atoms with Crippen LogP contribution in [-0.4, -0.2) is 43.5 Å². The van der Waals surface area contributed by atoms with Crippen molar-refractivity contribution in [2.45, 2.75) is 19.4 Å². The normalized spacial score (nSPS) is 44.0. The summed E-state index contributed by atoms with van der Waals surface area (Å²) in [6.07, 6.45) is 1.06. The van der Waals surface area contributed by atoms with Crippen LogP contribution >= 0.6 is 0 Å². The molecule has 0 aromatic heterocycles. The average Bonchev–Trinajstić information content (AvgIpc) is 2.11. The zero-order chi connectivity index (χ0) is 9.42. The molecule has 0 amide bonds. The van der Waals surface area contributed by atoms with Gasteiger partial charge in [-0.3, -0.25) is 9.69 Å². The first-order valence-corrected chi connectivity index (χ1v) is 5.00. The molecule has 0 aliphatic carbocycles. The van der Waals surface area contributed by atoms with E-state index in [0.29, 0.717) is 24.2 Å². The number of carbonyl (C=O) groups excluding carboxylic acids is 1. The zero-order valence-electron chi connectivity index (χ0n) is 8.32. The molecular weight excluding hydrogens is 166 g/mol. The van der Waals surface area contributed by atoms with Crippen molar-refractivity contribution in [1.82, 2.24) is 4.90 Å². The van der Waals surface area contributed by atoms with E-state index in [2.05, 4.69) is 11.8 Å². The summed E-state index contributed by atoms with van der Waals surface area (Å²) in [5.41, 5.74) is 0. The Bertz CT molecular complexity index is 217. The Morgan fingerprint density at radius 2 is 2.38 bits per heavy atom. The molecule has 3 rings (SSSR count). The third kappa shape index (κ3) is 1.40. The molecule has 4 atom stereocenters. The number of ketones is 1. The van der Waals surface area contributed by atoms with Crippen LogP contribution in [0.4, 0.5) is 0 Å². The second-order valence-electron chi connectivity index (χ2n) is 4.24. The minimum absolute atomic E-state index is 0.0555. The number of fused-ring (bicyclic) bond motifs is 3. The van der Waals surface area contributed by atoms with Gasteiger partial charge in [-0.05, 0) is 18.9 Å². The largest absolute Gasteiger partial charge is 0.383 e. The Morgan fingerprint density at radius 1 is 1.62 bits per heavy atom. The predicted molar refractivity (Wildman–Crippen MR) is 49.5 cm³/mol. The van der Waals surface area contributed by atoms with Crippen molar-refractivity contribution in [3.63, 3.8) is 0 Å². The molecule has 3 heteroatoms. The maximum atomic E-state index is 11.9. The van der Waals surface area contributed by atoms with Crippen molar-refractivity contribution in [2.24, 2.45) is 11.8 Å². The third-order valence-electron chi connectivity index (χ3n) is 3.40. The lowest BCUT2D eigenvalue weighted by molar-refractivity contribution is -0.143. The molecule has 0 N–H and O–H groups in total. The minimum atomic E-state index is 0.0555. The number of hydrogen-bond donors (Lipinski definition) is 0. The molecule has 3 saturated heterocycles. The smallest absolute Gasteiger partial charge is 0.155 e. The van der Waals surface area contributed by atoms with E-state index < -0.39 is 0 Å². The number of nitrogens with zero attached hydrogens (tertiary/aromatic N) is 1. The van der Waals surface area contributed by atoms with E-state index in [-0.39, 0.29) is 6.04 Å². The molecule has 74 valence electrons. The van der Waals surface area contributed by atoms with Gasteiger partial charge >= 0.3 is 0 Å². The summed E-state index contributed by atoms with van der Waals surface area (Å²) in [5, 5.41) is 0. The van der Waals surface area contributed by atoms with Crippen LogP contribution in [0.2, 0.25) is 0 Å². The fourth-order valence-corrected chi connectivity index (χ4v) is 2.66. The second kappa shape index (κ2) is 3.39. The molecule has 3 heterocycles. The molecule has 2 bridgehead atoms. The van der Waals surface area contributed by atoms with Crippen molar-refractivity contribution >= 4 is 5.78 Å². The summed E-state index contributed by atoms with van der Waals surface area (Å²) in [6, 6.07) is 0.0555. The summed E-state index contributed by atoms with van der Waals surface area (Å²) < 4.78 is 5.08. The molecule has 0 spiro atoms. The molecular formula is C10H17NO2. The first-order valence-electron chi connectivity index (χ1n) is 5.00. The van der Waals surface area contributed by atoms with Crippen LogP contribution in [-0.2, 0) is 9.53 Å². The van der Waals surface area contributed by atoms with Crippen LogP contribution in [0.15, 0.2) is 0 Å².